The molecule has 1 heterocycles. The average molecular weight is 271 g/mol. The summed E-state index contributed by atoms with van der Waals surface area (Å²) in [6.07, 6.45) is 0.362. The number of benzene rings is 1. The van der Waals surface area contributed by atoms with E-state index < -0.39 is 0 Å². The van der Waals surface area contributed by atoms with E-state index in [1.165, 1.54) is 0 Å². The molecular weight excluding hydrogens is 256 g/mol. The van der Waals surface area contributed by atoms with Crippen molar-refractivity contribution in [2.45, 2.75) is 13.3 Å². The summed E-state index contributed by atoms with van der Waals surface area (Å²) in [7, 11) is 0. The lowest BCUT2D eigenvalue weighted by molar-refractivity contribution is -0.116. The first kappa shape index (κ1) is 13.0. The molecule has 0 bridgehead atoms. The minimum Gasteiger partial charge on any atom is -0.454 e. The lowest BCUT2D eigenvalue weighted by Crippen LogP contribution is -2.20. The van der Waals surface area contributed by atoms with E-state index in [0.717, 1.165) is 0 Å². The number of hydrogen-bond donors (Lipinski definition) is 2. The molecule has 1 aliphatic rings. The predicted molar refractivity (Wildman–Crippen MR) is 69.0 cm³/mol. The normalized spacial score (nSPS) is 14.4. The highest BCUT2D eigenvalue weighted by Crippen LogP contribution is 2.39. The van der Waals surface area contributed by atoms with Gasteiger partial charge < -0.3 is 20.5 Å². The van der Waals surface area contributed by atoms with Crippen LogP contribution in [0.25, 0.3) is 0 Å². The Morgan fingerprint density at radius 2 is 2.17 bits per heavy atom. The smallest absolute Gasteiger partial charge is 0.231 e. The van der Waals surface area contributed by atoms with Gasteiger partial charge in [0.25, 0.3) is 0 Å². The fourth-order valence-electron chi connectivity index (χ4n) is 1.61. The van der Waals surface area contributed by atoms with Gasteiger partial charge in [-0.15, -0.1) is 0 Å². The van der Waals surface area contributed by atoms with E-state index in [2.05, 4.69) is 5.32 Å². The predicted octanol–water partition coefficient (Wildman–Crippen LogP) is 1.99. The van der Waals surface area contributed by atoms with E-state index in [9.17, 15) is 4.79 Å². The van der Waals surface area contributed by atoms with Crippen LogP contribution in [0, 0.1) is 5.92 Å². The molecule has 1 atom stereocenters. The number of halogens is 1. The summed E-state index contributed by atoms with van der Waals surface area (Å²) in [6, 6.07) is 3.29. The van der Waals surface area contributed by atoms with Gasteiger partial charge in [0.15, 0.2) is 11.5 Å². The highest BCUT2D eigenvalue weighted by atomic mass is 35.5. The van der Waals surface area contributed by atoms with Gasteiger partial charge in [0.2, 0.25) is 12.7 Å². The van der Waals surface area contributed by atoms with Crippen LogP contribution < -0.4 is 20.5 Å². The summed E-state index contributed by atoms with van der Waals surface area (Å²) in [6.45, 7) is 2.57. The average Bonchev–Trinajstić information content (AvgIpc) is 2.76. The third kappa shape index (κ3) is 2.86. The van der Waals surface area contributed by atoms with E-state index in [-0.39, 0.29) is 18.6 Å². The minimum atomic E-state index is -0.117. The first-order valence-corrected chi connectivity index (χ1v) is 6.07. The molecule has 0 aliphatic carbocycles. The molecule has 5 nitrogen and oxygen atoms in total. The molecule has 0 saturated carbocycles. The van der Waals surface area contributed by atoms with Crippen LogP contribution in [-0.4, -0.2) is 19.2 Å². The number of nitrogens with two attached hydrogens (primary N) is 1. The van der Waals surface area contributed by atoms with E-state index in [1.54, 1.807) is 12.1 Å². The number of fused-ring (bicyclic) bond motifs is 1. The van der Waals surface area contributed by atoms with E-state index in [1.807, 2.05) is 6.92 Å². The molecule has 1 amide bonds. The van der Waals surface area contributed by atoms with Crippen LogP contribution in [-0.2, 0) is 4.79 Å². The summed E-state index contributed by atoms with van der Waals surface area (Å²) in [5.74, 6) is 1.20. The van der Waals surface area contributed by atoms with Crippen molar-refractivity contribution in [1.29, 1.82) is 0 Å². The van der Waals surface area contributed by atoms with Gasteiger partial charge in [-0.05, 0) is 12.5 Å². The van der Waals surface area contributed by atoms with E-state index >= 15 is 0 Å². The van der Waals surface area contributed by atoms with Gasteiger partial charge in [-0.1, -0.05) is 18.5 Å². The van der Waals surface area contributed by atoms with Crippen molar-refractivity contribution in [2.24, 2.45) is 11.7 Å². The molecule has 1 aliphatic heterocycles. The number of nitrogens with one attached hydrogen (secondary N) is 1. The van der Waals surface area contributed by atoms with Gasteiger partial charge in [-0.3, -0.25) is 4.79 Å². The Balaban J connectivity index is 2.07. The first-order valence-electron chi connectivity index (χ1n) is 5.69. The zero-order chi connectivity index (χ0) is 13.1. The molecule has 1 aromatic carbocycles. The monoisotopic (exact) mass is 270 g/mol. The van der Waals surface area contributed by atoms with Crippen molar-refractivity contribution >= 4 is 23.2 Å². The first-order chi connectivity index (χ1) is 8.60. The lowest BCUT2D eigenvalue weighted by Gasteiger charge is -2.11. The third-order valence-electron chi connectivity index (χ3n) is 2.67. The van der Waals surface area contributed by atoms with Gasteiger partial charge in [0.05, 0.1) is 10.7 Å². The summed E-state index contributed by atoms with van der Waals surface area (Å²) >= 11 is 6.05. The SMILES string of the molecule is CC(CN)CC(=O)Nc1cc2c(cc1Cl)OCO2. The Hall–Kier alpha value is -1.46. The Morgan fingerprint density at radius 1 is 1.50 bits per heavy atom. The van der Waals surface area contributed by atoms with Crippen LogP contribution in [0.15, 0.2) is 12.1 Å². The van der Waals surface area contributed by atoms with Crippen LogP contribution in [0.3, 0.4) is 0 Å². The number of hydrogen-bond acceptors (Lipinski definition) is 4. The fraction of sp³-hybridized carbons (Fsp3) is 0.417. The number of anilines is 1. The van der Waals surface area contributed by atoms with Crippen LogP contribution >= 0.6 is 11.6 Å². The lowest BCUT2D eigenvalue weighted by atomic mass is 10.1. The maximum Gasteiger partial charge on any atom is 0.231 e. The Kier molecular flexibility index (Phi) is 3.93. The molecule has 6 heteroatoms. The topological polar surface area (TPSA) is 73.6 Å². The zero-order valence-electron chi connectivity index (χ0n) is 10.0. The Labute approximate surface area is 110 Å². The van der Waals surface area contributed by atoms with Crippen molar-refractivity contribution in [3.05, 3.63) is 17.2 Å². The van der Waals surface area contributed by atoms with E-state index in [4.69, 9.17) is 26.8 Å². The number of carbonyl (C=O) groups excluding carboxylic acids is 1. The van der Waals surface area contributed by atoms with Gasteiger partial charge >= 0.3 is 0 Å². The third-order valence-corrected chi connectivity index (χ3v) is 2.99. The molecule has 0 radical (unpaired) electrons. The Bertz CT molecular complexity index is 465. The van der Waals surface area contributed by atoms with Crippen LogP contribution in [0.2, 0.25) is 5.02 Å². The van der Waals surface area contributed by atoms with Crippen molar-refractivity contribution in [3.63, 3.8) is 0 Å². The highest BCUT2D eigenvalue weighted by molar-refractivity contribution is 6.34. The quantitative estimate of drug-likeness (QED) is 0.878. The maximum atomic E-state index is 11.7. The van der Waals surface area contributed by atoms with Crippen LogP contribution in [0.4, 0.5) is 5.69 Å². The highest BCUT2D eigenvalue weighted by Gasteiger charge is 2.18. The molecule has 0 aromatic heterocycles. The second-order valence-corrected chi connectivity index (χ2v) is 4.69. The van der Waals surface area contributed by atoms with Gasteiger partial charge in [-0.25, -0.2) is 0 Å². The number of carbonyl (C=O) groups is 1. The molecular formula is C12H15ClN2O3. The number of amides is 1. The van der Waals surface area contributed by atoms with Gasteiger partial charge in [0.1, 0.15) is 0 Å². The fourth-order valence-corrected chi connectivity index (χ4v) is 1.81. The second-order valence-electron chi connectivity index (χ2n) is 4.28. The summed E-state index contributed by atoms with van der Waals surface area (Å²) in [5.41, 5.74) is 6.00. The summed E-state index contributed by atoms with van der Waals surface area (Å²) < 4.78 is 10.4. The minimum absolute atomic E-state index is 0.117. The molecule has 0 fully saturated rings. The molecule has 3 N–H and O–H groups in total. The van der Waals surface area contributed by atoms with Crippen LogP contribution in [0.5, 0.6) is 11.5 Å². The number of rotatable bonds is 4. The van der Waals surface area contributed by atoms with Crippen molar-refractivity contribution in [3.8, 4) is 11.5 Å². The second kappa shape index (κ2) is 5.46. The van der Waals surface area contributed by atoms with Gasteiger partial charge in [0, 0.05) is 18.6 Å². The van der Waals surface area contributed by atoms with Crippen LogP contribution in [0.1, 0.15) is 13.3 Å². The Morgan fingerprint density at radius 3 is 2.83 bits per heavy atom. The molecule has 18 heavy (non-hydrogen) atoms. The van der Waals surface area contributed by atoms with Crippen molar-refractivity contribution in [1.82, 2.24) is 0 Å². The summed E-state index contributed by atoms with van der Waals surface area (Å²) in [5, 5.41) is 3.17. The summed E-state index contributed by atoms with van der Waals surface area (Å²) in [4.78, 5) is 11.7. The number of ether oxygens (including phenoxy) is 2. The molecule has 2 rings (SSSR count). The molecule has 0 saturated heterocycles. The van der Waals surface area contributed by atoms with Crippen molar-refractivity contribution in [2.75, 3.05) is 18.7 Å². The molecule has 0 spiro atoms. The van der Waals surface area contributed by atoms with Gasteiger partial charge in [-0.2, -0.15) is 0 Å². The maximum absolute atomic E-state index is 11.7. The zero-order valence-corrected chi connectivity index (χ0v) is 10.8. The molecule has 1 unspecified atom stereocenters. The molecule has 1 aromatic rings. The van der Waals surface area contributed by atoms with E-state index in [0.29, 0.717) is 35.2 Å². The molecule has 98 valence electrons. The largest absolute Gasteiger partial charge is 0.454 e. The standard InChI is InChI=1S/C12H15ClN2O3/c1-7(5-14)2-12(16)15-9-4-11-10(3-8(9)13)17-6-18-11/h3-4,7H,2,5-6,14H2,1H3,(H,15,16). The van der Waals surface area contributed by atoms with Crippen molar-refractivity contribution < 1.29 is 14.3 Å².